The zero-order chi connectivity index (χ0) is 19.2. The Balaban J connectivity index is 1.94. The van der Waals surface area contributed by atoms with E-state index in [2.05, 4.69) is 45.8 Å². The average Bonchev–Trinajstić information content (AvgIpc) is 2.69. The van der Waals surface area contributed by atoms with Gasteiger partial charge in [-0.05, 0) is 48.0 Å². The third-order valence-electron chi connectivity index (χ3n) is 4.93. The molecular formula is C22H25ClN2O2. The van der Waals surface area contributed by atoms with Gasteiger partial charge in [-0.15, -0.1) is 0 Å². The molecule has 1 aliphatic rings. The van der Waals surface area contributed by atoms with Gasteiger partial charge in [0.25, 0.3) is 0 Å². The van der Waals surface area contributed by atoms with E-state index in [-0.39, 0.29) is 12.0 Å². The molecule has 0 N–H and O–H groups in total. The number of likely N-dealkylation sites (N-methyl/N-ethyl adjacent to an activating group) is 1. The summed E-state index contributed by atoms with van der Waals surface area (Å²) in [6.45, 7) is 4.11. The number of carbonyl (C=O) groups is 1. The van der Waals surface area contributed by atoms with Gasteiger partial charge in [0.1, 0.15) is 0 Å². The van der Waals surface area contributed by atoms with Crippen molar-refractivity contribution in [1.29, 1.82) is 0 Å². The quantitative estimate of drug-likeness (QED) is 0.578. The second kappa shape index (κ2) is 9.18. The summed E-state index contributed by atoms with van der Waals surface area (Å²) in [4.78, 5) is 16.3. The summed E-state index contributed by atoms with van der Waals surface area (Å²) in [5.41, 5.74) is 3.40. The third-order valence-corrected chi connectivity index (χ3v) is 5.18. The van der Waals surface area contributed by atoms with E-state index in [1.165, 1.54) is 24.3 Å². The van der Waals surface area contributed by atoms with Crippen molar-refractivity contribution < 1.29 is 9.53 Å². The van der Waals surface area contributed by atoms with Gasteiger partial charge < -0.3 is 9.64 Å². The second-order valence-corrected chi connectivity index (χ2v) is 7.26. The smallest absolute Gasteiger partial charge is 0.330 e. The largest absolute Gasteiger partial charge is 0.466 e. The molecule has 0 aromatic heterocycles. The van der Waals surface area contributed by atoms with Crippen molar-refractivity contribution in [3.05, 3.63) is 76.3 Å². The van der Waals surface area contributed by atoms with E-state index in [4.69, 9.17) is 11.6 Å². The maximum absolute atomic E-state index is 11.4. The van der Waals surface area contributed by atoms with Gasteiger partial charge in [-0.1, -0.05) is 41.9 Å². The van der Waals surface area contributed by atoms with Crippen molar-refractivity contribution in [1.82, 2.24) is 9.80 Å². The van der Waals surface area contributed by atoms with Crippen LogP contribution in [0.5, 0.6) is 0 Å². The zero-order valence-electron chi connectivity index (χ0n) is 15.8. The van der Waals surface area contributed by atoms with Gasteiger partial charge in [0, 0.05) is 37.3 Å². The summed E-state index contributed by atoms with van der Waals surface area (Å²) in [5, 5.41) is 0.741. The fraction of sp³-hybridized carbons (Fsp3) is 0.318. The summed E-state index contributed by atoms with van der Waals surface area (Å²) in [6, 6.07) is 16.6. The first-order valence-corrected chi connectivity index (χ1v) is 9.48. The summed E-state index contributed by atoms with van der Waals surface area (Å²) >= 11 is 6.10. The highest BCUT2D eigenvalue weighted by Crippen LogP contribution is 2.31. The number of hydrogen-bond acceptors (Lipinski definition) is 4. The molecule has 5 heteroatoms. The minimum Gasteiger partial charge on any atom is -0.466 e. The molecule has 2 aromatic rings. The van der Waals surface area contributed by atoms with E-state index < -0.39 is 0 Å². The van der Waals surface area contributed by atoms with Crippen molar-refractivity contribution in [2.24, 2.45) is 0 Å². The van der Waals surface area contributed by atoms with Crippen molar-refractivity contribution in [3.63, 3.8) is 0 Å². The molecule has 1 saturated heterocycles. The van der Waals surface area contributed by atoms with Crippen LogP contribution in [0.4, 0.5) is 0 Å². The molecule has 2 aromatic carbocycles. The fourth-order valence-corrected chi connectivity index (χ4v) is 3.53. The molecule has 27 heavy (non-hydrogen) atoms. The number of nitrogens with zero attached hydrogens (tertiary/aromatic N) is 2. The summed E-state index contributed by atoms with van der Waals surface area (Å²) in [7, 11) is 3.54. The number of piperazine rings is 1. The lowest BCUT2D eigenvalue weighted by molar-refractivity contribution is -0.134. The summed E-state index contributed by atoms with van der Waals surface area (Å²) in [5.74, 6) is -0.353. The summed E-state index contributed by atoms with van der Waals surface area (Å²) in [6.07, 6.45) is 3.24. The lowest BCUT2D eigenvalue weighted by atomic mass is 9.95. The Labute approximate surface area is 166 Å². The van der Waals surface area contributed by atoms with E-state index in [1.807, 2.05) is 24.3 Å². The Morgan fingerprint density at radius 2 is 1.78 bits per heavy atom. The molecule has 0 bridgehead atoms. The van der Waals surface area contributed by atoms with Crippen LogP contribution in [0.25, 0.3) is 6.08 Å². The van der Waals surface area contributed by atoms with Crippen LogP contribution in [0.15, 0.2) is 54.6 Å². The van der Waals surface area contributed by atoms with E-state index in [0.29, 0.717) is 0 Å². The van der Waals surface area contributed by atoms with Crippen LogP contribution in [0.2, 0.25) is 5.02 Å². The standard InChI is InChI=1S/C22H25ClN2O2/c1-24-12-14-25(15-13-24)22(18-7-9-20(23)10-8-18)19-5-3-4-17(16-19)6-11-21(26)27-2/h3-11,16,22H,12-15H2,1-2H3/b11-6+. The number of esters is 1. The SMILES string of the molecule is COC(=O)/C=C/c1cccc(C(c2ccc(Cl)cc2)N2CCN(C)CC2)c1. The number of hydrogen-bond donors (Lipinski definition) is 0. The number of rotatable bonds is 5. The van der Waals surface area contributed by atoms with Gasteiger partial charge in [-0.2, -0.15) is 0 Å². The van der Waals surface area contributed by atoms with Gasteiger partial charge in [0.05, 0.1) is 13.2 Å². The molecule has 0 saturated carbocycles. The number of benzene rings is 2. The number of methoxy groups -OCH3 is 1. The lowest BCUT2D eigenvalue weighted by Gasteiger charge is -2.38. The Bertz CT molecular complexity index is 796. The minimum atomic E-state index is -0.353. The molecule has 1 unspecified atom stereocenters. The number of carbonyl (C=O) groups excluding carboxylic acids is 1. The van der Waals surface area contributed by atoms with Crippen LogP contribution < -0.4 is 0 Å². The van der Waals surface area contributed by atoms with Crippen LogP contribution in [-0.2, 0) is 9.53 Å². The Hall–Kier alpha value is -2.14. The molecule has 142 valence electrons. The normalized spacial score (nSPS) is 17.1. The van der Waals surface area contributed by atoms with Gasteiger partial charge in [-0.3, -0.25) is 4.90 Å². The van der Waals surface area contributed by atoms with Crippen molar-refractivity contribution >= 4 is 23.6 Å². The molecule has 1 atom stereocenters. The van der Waals surface area contributed by atoms with Crippen molar-refractivity contribution in [2.75, 3.05) is 40.3 Å². The first-order valence-electron chi connectivity index (χ1n) is 9.11. The first kappa shape index (κ1) is 19.6. The molecule has 3 rings (SSSR count). The minimum absolute atomic E-state index is 0.155. The molecule has 0 spiro atoms. The summed E-state index contributed by atoms with van der Waals surface area (Å²) < 4.78 is 4.68. The molecule has 0 aliphatic carbocycles. The Morgan fingerprint density at radius 1 is 1.07 bits per heavy atom. The molecule has 1 fully saturated rings. The highest BCUT2D eigenvalue weighted by molar-refractivity contribution is 6.30. The van der Waals surface area contributed by atoms with Crippen molar-refractivity contribution in [3.8, 4) is 0 Å². The Morgan fingerprint density at radius 3 is 2.44 bits per heavy atom. The zero-order valence-corrected chi connectivity index (χ0v) is 16.5. The maximum atomic E-state index is 11.4. The van der Waals surface area contributed by atoms with Gasteiger partial charge in [0.15, 0.2) is 0 Å². The number of halogens is 1. The highest BCUT2D eigenvalue weighted by atomic mass is 35.5. The topological polar surface area (TPSA) is 32.8 Å². The van der Waals surface area contributed by atoms with Gasteiger partial charge in [0.2, 0.25) is 0 Å². The van der Waals surface area contributed by atoms with Crippen LogP contribution in [0.1, 0.15) is 22.7 Å². The van der Waals surface area contributed by atoms with Crippen LogP contribution in [-0.4, -0.2) is 56.1 Å². The second-order valence-electron chi connectivity index (χ2n) is 6.82. The fourth-order valence-electron chi connectivity index (χ4n) is 3.40. The van der Waals surface area contributed by atoms with Crippen LogP contribution >= 0.6 is 11.6 Å². The van der Waals surface area contributed by atoms with Crippen molar-refractivity contribution in [2.45, 2.75) is 6.04 Å². The highest BCUT2D eigenvalue weighted by Gasteiger charge is 2.25. The van der Waals surface area contributed by atoms with E-state index in [9.17, 15) is 4.79 Å². The van der Waals surface area contributed by atoms with Crippen LogP contribution in [0.3, 0.4) is 0 Å². The number of ether oxygens (including phenoxy) is 1. The van der Waals surface area contributed by atoms with Gasteiger partial charge >= 0.3 is 5.97 Å². The molecule has 0 radical (unpaired) electrons. The Kier molecular flexibility index (Phi) is 6.67. The molecule has 1 aliphatic heterocycles. The van der Waals surface area contributed by atoms with Crippen LogP contribution in [0, 0.1) is 0 Å². The molecule has 1 heterocycles. The maximum Gasteiger partial charge on any atom is 0.330 e. The monoisotopic (exact) mass is 384 g/mol. The van der Waals surface area contributed by atoms with E-state index >= 15 is 0 Å². The first-order chi connectivity index (χ1) is 13.1. The predicted molar refractivity (Wildman–Crippen MR) is 110 cm³/mol. The molecule has 4 nitrogen and oxygen atoms in total. The average molecular weight is 385 g/mol. The third kappa shape index (κ3) is 5.19. The lowest BCUT2D eigenvalue weighted by Crippen LogP contribution is -2.46. The predicted octanol–water partition coefficient (Wildman–Crippen LogP) is 3.86. The molecule has 0 amide bonds. The van der Waals surface area contributed by atoms with Gasteiger partial charge in [-0.25, -0.2) is 4.79 Å². The molecular weight excluding hydrogens is 360 g/mol. The van der Waals surface area contributed by atoms with E-state index in [0.717, 1.165) is 36.8 Å². The van der Waals surface area contributed by atoms with E-state index in [1.54, 1.807) is 6.08 Å².